The second-order valence-corrected chi connectivity index (χ2v) is 6.53. The summed E-state index contributed by atoms with van der Waals surface area (Å²) < 4.78 is 18.3. The van der Waals surface area contributed by atoms with Crippen LogP contribution in [0.4, 0.5) is 4.39 Å². The Kier molecular flexibility index (Phi) is 4.86. The molecule has 0 aliphatic carbocycles. The third-order valence-corrected chi connectivity index (χ3v) is 4.38. The molecule has 3 aromatic rings. The molecule has 25 heavy (non-hydrogen) atoms. The SMILES string of the molecule is CC(C)[C@H]([NH2+]Cc1cc(=O)oc2cc(O)ccc12)c1ccc(F)cc1. The van der Waals surface area contributed by atoms with Crippen LogP contribution >= 0.6 is 0 Å². The van der Waals surface area contributed by atoms with E-state index < -0.39 is 5.63 Å². The number of halogens is 1. The van der Waals surface area contributed by atoms with Crippen molar-refractivity contribution in [3.05, 3.63) is 75.9 Å². The predicted molar refractivity (Wildman–Crippen MR) is 93.8 cm³/mol. The molecule has 0 radical (unpaired) electrons. The molecule has 130 valence electrons. The first-order valence-corrected chi connectivity index (χ1v) is 8.28. The zero-order valence-electron chi connectivity index (χ0n) is 14.2. The lowest BCUT2D eigenvalue weighted by Gasteiger charge is -2.20. The lowest BCUT2D eigenvalue weighted by atomic mass is 9.95. The van der Waals surface area contributed by atoms with E-state index in [-0.39, 0.29) is 17.6 Å². The van der Waals surface area contributed by atoms with Gasteiger partial charge in [-0.05, 0) is 24.3 Å². The maximum atomic E-state index is 13.2. The van der Waals surface area contributed by atoms with Crippen molar-refractivity contribution in [3.63, 3.8) is 0 Å². The van der Waals surface area contributed by atoms with Gasteiger partial charge in [-0.25, -0.2) is 9.18 Å². The highest BCUT2D eigenvalue weighted by Gasteiger charge is 2.20. The fourth-order valence-electron chi connectivity index (χ4n) is 3.12. The Balaban J connectivity index is 1.89. The minimum Gasteiger partial charge on any atom is -0.508 e. The molecular weight excluding hydrogens is 321 g/mol. The van der Waals surface area contributed by atoms with E-state index in [2.05, 4.69) is 19.2 Å². The topological polar surface area (TPSA) is 67.0 Å². The van der Waals surface area contributed by atoms with Crippen molar-refractivity contribution in [1.29, 1.82) is 0 Å². The van der Waals surface area contributed by atoms with Crippen molar-refractivity contribution in [1.82, 2.24) is 0 Å². The van der Waals surface area contributed by atoms with Gasteiger partial charge in [0.1, 0.15) is 29.7 Å². The summed E-state index contributed by atoms with van der Waals surface area (Å²) in [5.41, 5.74) is 1.82. The number of aromatic hydroxyl groups is 1. The summed E-state index contributed by atoms with van der Waals surface area (Å²) in [6.07, 6.45) is 0. The molecule has 0 saturated carbocycles. The van der Waals surface area contributed by atoms with Crippen LogP contribution in [0.2, 0.25) is 0 Å². The van der Waals surface area contributed by atoms with Crippen LogP contribution in [0.1, 0.15) is 31.0 Å². The molecule has 0 unspecified atom stereocenters. The maximum Gasteiger partial charge on any atom is 0.336 e. The van der Waals surface area contributed by atoms with Crippen molar-refractivity contribution >= 4 is 11.0 Å². The normalized spacial score (nSPS) is 12.6. The highest BCUT2D eigenvalue weighted by atomic mass is 19.1. The summed E-state index contributed by atoms with van der Waals surface area (Å²) in [5, 5.41) is 12.5. The number of nitrogens with two attached hydrogens (primary N) is 1. The van der Waals surface area contributed by atoms with Crippen LogP contribution in [0.3, 0.4) is 0 Å². The van der Waals surface area contributed by atoms with E-state index in [1.54, 1.807) is 24.3 Å². The molecule has 0 spiro atoms. The highest BCUT2D eigenvalue weighted by molar-refractivity contribution is 5.81. The quantitative estimate of drug-likeness (QED) is 0.700. The van der Waals surface area contributed by atoms with Gasteiger partial charge in [0, 0.05) is 34.6 Å². The number of hydrogen-bond donors (Lipinski definition) is 2. The minimum absolute atomic E-state index is 0.0585. The number of quaternary nitrogens is 1. The van der Waals surface area contributed by atoms with E-state index in [0.29, 0.717) is 18.0 Å². The average molecular weight is 342 g/mol. The third-order valence-electron chi connectivity index (χ3n) is 4.38. The molecule has 1 atom stereocenters. The number of phenolic OH excluding ortho intramolecular Hbond substituents is 1. The highest BCUT2D eigenvalue weighted by Crippen LogP contribution is 2.22. The van der Waals surface area contributed by atoms with Crippen molar-refractivity contribution in [2.24, 2.45) is 5.92 Å². The number of rotatable bonds is 5. The van der Waals surface area contributed by atoms with Crippen LogP contribution in [-0.2, 0) is 6.54 Å². The van der Waals surface area contributed by atoms with E-state index in [1.807, 2.05) is 0 Å². The summed E-state index contributed by atoms with van der Waals surface area (Å²) in [6, 6.07) is 12.9. The van der Waals surface area contributed by atoms with Crippen LogP contribution in [0.15, 0.2) is 57.7 Å². The van der Waals surface area contributed by atoms with E-state index in [0.717, 1.165) is 16.5 Å². The lowest BCUT2D eigenvalue weighted by Crippen LogP contribution is -2.84. The standard InChI is InChI=1S/C20H20FNO3/c1-12(2)20(13-3-5-15(21)6-4-13)22-11-14-9-19(24)25-18-10-16(23)7-8-17(14)18/h3-10,12,20,22-23H,11H2,1-2H3/p+1/t20-/m0/s1. The van der Waals surface area contributed by atoms with Crippen LogP contribution < -0.4 is 10.9 Å². The van der Waals surface area contributed by atoms with Gasteiger partial charge in [0.2, 0.25) is 0 Å². The van der Waals surface area contributed by atoms with Crippen LogP contribution in [0.25, 0.3) is 11.0 Å². The van der Waals surface area contributed by atoms with E-state index in [1.165, 1.54) is 24.3 Å². The first-order valence-electron chi connectivity index (χ1n) is 8.28. The van der Waals surface area contributed by atoms with Crippen molar-refractivity contribution in [3.8, 4) is 5.75 Å². The van der Waals surface area contributed by atoms with E-state index in [9.17, 15) is 14.3 Å². The summed E-state index contributed by atoms with van der Waals surface area (Å²) in [6.45, 7) is 4.80. The molecule has 0 fully saturated rings. The number of phenols is 1. The molecule has 1 heterocycles. The van der Waals surface area contributed by atoms with Gasteiger partial charge in [0.15, 0.2) is 0 Å². The van der Waals surface area contributed by atoms with Gasteiger partial charge in [-0.15, -0.1) is 0 Å². The molecule has 0 amide bonds. The molecule has 3 N–H and O–H groups in total. The number of hydrogen-bond acceptors (Lipinski definition) is 3. The predicted octanol–water partition coefficient (Wildman–Crippen LogP) is 3.10. The largest absolute Gasteiger partial charge is 0.508 e. The Morgan fingerprint density at radius 2 is 1.84 bits per heavy atom. The lowest BCUT2D eigenvalue weighted by molar-refractivity contribution is -0.717. The first-order chi connectivity index (χ1) is 11.9. The maximum absolute atomic E-state index is 13.2. The molecule has 4 nitrogen and oxygen atoms in total. The Morgan fingerprint density at radius 3 is 2.52 bits per heavy atom. The van der Waals surface area contributed by atoms with Gasteiger partial charge < -0.3 is 14.8 Å². The zero-order chi connectivity index (χ0) is 18.0. The minimum atomic E-state index is -0.440. The Labute approximate surface area is 144 Å². The van der Waals surface area contributed by atoms with Crippen molar-refractivity contribution < 1.29 is 19.2 Å². The molecule has 0 aliphatic heterocycles. The summed E-state index contributed by atoms with van der Waals surface area (Å²) in [4.78, 5) is 11.8. The fraction of sp³-hybridized carbons (Fsp3) is 0.250. The third kappa shape index (κ3) is 3.88. The van der Waals surface area contributed by atoms with Gasteiger partial charge in [-0.2, -0.15) is 0 Å². The molecule has 1 aromatic heterocycles. The summed E-state index contributed by atoms with van der Waals surface area (Å²) in [7, 11) is 0. The molecule has 3 rings (SSSR count). The van der Waals surface area contributed by atoms with Gasteiger partial charge in [-0.1, -0.05) is 26.0 Å². The molecule has 0 bridgehead atoms. The number of benzene rings is 2. The molecule has 2 aromatic carbocycles. The summed E-state index contributed by atoms with van der Waals surface area (Å²) >= 11 is 0. The van der Waals surface area contributed by atoms with Gasteiger partial charge >= 0.3 is 5.63 Å². The fourth-order valence-corrected chi connectivity index (χ4v) is 3.12. The monoisotopic (exact) mass is 342 g/mol. The molecule has 0 aliphatic rings. The second-order valence-electron chi connectivity index (χ2n) is 6.53. The Hall–Kier alpha value is -2.66. The van der Waals surface area contributed by atoms with Gasteiger partial charge in [-0.3, -0.25) is 0 Å². The summed E-state index contributed by atoms with van der Waals surface area (Å²) in [5.74, 6) is 0.141. The smallest absolute Gasteiger partial charge is 0.336 e. The van der Waals surface area contributed by atoms with Crippen LogP contribution in [0, 0.1) is 11.7 Å². The molecule has 5 heteroatoms. The van der Waals surface area contributed by atoms with E-state index in [4.69, 9.17) is 4.42 Å². The van der Waals surface area contributed by atoms with Gasteiger partial charge in [0.05, 0.1) is 0 Å². The van der Waals surface area contributed by atoms with Crippen LogP contribution in [-0.4, -0.2) is 5.11 Å². The van der Waals surface area contributed by atoms with Crippen LogP contribution in [0.5, 0.6) is 5.75 Å². The Bertz CT molecular complexity index is 932. The average Bonchev–Trinajstić information content (AvgIpc) is 2.55. The van der Waals surface area contributed by atoms with Crippen molar-refractivity contribution in [2.45, 2.75) is 26.4 Å². The second kappa shape index (κ2) is 7.07. The van der Waals surface area contributed by atoms with Gasteiger partial charge in [0.25, 0.3) is 0 Å². The zero-order valence-corrected chi connectivity index (χ0v) is 14.2. The number of fused-ring (bicyclic) bond motifs is 1. The molecule has 0 saturated heterocycles. The van der Waals surface area contributed by atoms with E-state index >= 15 is 0 Å². The first kappa shape index (κ1) is 17.2. The Morgan fingerprint density at radius 1 is 1.12 bits per heavy atom. The molecular formula is C20H21FNO3+. The van der Waals surface area contributed by atoms with Crippen molar-refractivity contribution in [2.75, 3.05) is 0 Å².